The summed E-state index contributed by atoms with van der Waals surface area (Å²) in [6, 6.07) is 11.7. The first-order valence-corrected chi connectivity index (χ1v) is 10.2. The van der Waals surface area contributed by atoms with E-state index in [9.17, 15) is 18.7 Å². The largest absolute Gasteiger partial charge is 0.481 e. The Balaban J connectivity index is 1.77. The summed E-state index contributed by atoms with van der Waals surface area (Å²) in [7, 11) is 0. The molecule has 1 fully saturated rings. The number of carbonyl (C=O) groups is 1. The van der Waals surface area contributed by atoms with Gasteiger partial charge in [-0.3, -0.25) is 4.79 Å². The van der Waals surface area contributed by atoms with Crippen molar-refractivity contribution in [3.8, 4) is 0 Å². The summed E-state index contributed by atoms with van der Waals surface area (Å²) < 4.78 is 26.9. The normalized spacial score (nSPS) is 20.7. The molecule has 2 aromatic carbocycles. The van der Waals surface area contributed by atoms with Gasteiger partial charge in [-0.1, -0.05) is 50.1 Å². The lowest BCUT2D eigenvalue weighted by molar-refractivity contribution is -0.137. The Bertz CT molecular complexity index is 793. The zero-order chi connectivity index (χ0) is 20.1. The third-order valence-corrected chi connectivity index (χ3v) is 6.08. The minimum atomic E-state index is -0.965. The molecular formula is C24H28F2O2. The summed E-state index contributed by atoms with van der Waals surface area (Å²) in [4.78, 5) is 11.3. The summed E-state index contributed by atoms with van der Waals surface area (Å²) in [5, 5.41) is 9.29. The molecule has 0 radical (unpaired) electrons. The van der Waals surface area contributed by atoms with Crippen LogP contribution in [0.25, 0.3) is 0 Å². The highest BCUT2D eigenvalue weighted by Crippen LogP contribution is 2.38. The van der Waals surface area contributed by atoms with Crippen LogP contribution in [0.15, 0.2) is 42.5 Å². The highest BCUT2D eigenvalue weighted by molar-refractivity contribution is 5.69. The van der Waals surface area contributed by atoms with Gasteiger partial charge in [0.05, 0.1) is 6.42 Å². The van der Waals surface area contributed by atoms with Crippen molar-refractivity contribution < 1.29 is 18.7 Å². The van der Waals surface area contributed by atoms with Crippen LogP contribution in [0.1, 0.15) is 80.4 Å². The van der Waals surface area contributed by atoms with Crippen molar-refractivity contribution in [3.05, 3.63) is 70.8 Å². The van der Waals surface area contributed by atoms with Gasteiger partial charge in [0, 0.05) is 5.92 Å². The molecule has 1 aliphatic rings. The maximum atomic E-state index is 13.7. The summed E-state index contributed by atoms with van der Waals surface area (Å²) >= 11 is 0. The summed E-state index contributed by atoms with van der Waals surface area (Å²) in [5.74, 6) is -1.92. The maximum Gasteiger partial charge on any atom is 0.304 e. The second kappa shape index (κ2) is 9.31. The SMILES string of the molecule is CCCC1CCC(c2ccc(C(CC(=O)O)c3ccc(F)c(F)c3)cc2)CC1. The Hall–Kier alpha value is -2.23. The first-order valence-electron chi connectivity index (χ1n) is 10.2. The van der Waals surface area contributed by atoms with E-state index in [0.29, 0.717) is 11.5 Å². The van der Waals surface area contributed by atoms with E-state index in [0.717, 1.165) is 23.6 Å². The number of aliphatic carboxylic acids is 1. The van der Waals surface area contributed by atoms with Crippen molar-refractivity contribution >= 4 is 5.97 Å². The number of hydrogen-bond acceptors (Lipinski definition) is 1. The molecular weight excluding hydrogens is 358 g/mol. The van der Waals surface area contributed by atoms with Crippen molar-refractivity contribution in [1.29, 1.82) is 0 Å². The highest BCUT2D eigenvalue weighted by Gasteiger charge is 2.23. The molecule has 1 saturated carbocycles. The van der Waals surface area contributed by atoms with E-state index in [1.54, 1.807) is 0 Å². The van der Waals surface area contributed by atoms with Crippen LogP contribution in [-0.4, -0.2) is 11.1 Å². The molecule has 2 aromatic rings. The molecule has 0 saturated heterocycles. The van der Waals surface area contributed by atoms with E-state index >= 15 is 0 Å². The highest BCUT2D eigenvalue weighted by atomic mass is 19.2. The fourth-order valence-corrected chi connectivity index (χ4v) is 4.53. The average Bonchev–Trinajstić information content (AvgIpc) is 2.69. The lowest BCUT2D eigenvalue weighted by Crippen LogP contribution is -2.13. The van der Waals surface area contributed by atoms with E-state index < -0.39 is 23.5 Å². The first-order chi connectivity index (χ1) is 13.5. The predicted octanol–water partition coefficient (Wildman–Crippen LogP) is 6.65. The number of halogens is 2. The third kappa shape index (κ3) is 4.98. The van der Waals surface area contributed by atoms with Gasteiger partial charge in [-0.15, -0.1) is 0 Å². The minimum absolute atomic E-state index is 0.160. The second-order valence-corrected chi connectivity index (χ2v) is 8.00. The molecule has 0 spiro atoms. The quantitative estimate of drug-likeness (QED) is 0.579. The van der Waals surface area contributed by atoms with Crippen molar-refractivity contribution in [2.75, 3.05) is 0 Å². The van der Waals surface area contributed by atoms with E-state index in [-0.39, 0.29) is 6.42 Å². The van der Waals surface area contributed by atoms with Crippen molar-refractivity contribution in [1.82, 2.24) is 0 Å². The van der Waals surface area contributed by atoms with Gasteiger partial charge < -0.3 is 5.11 Å². The fourth-order valence-electron chi connectivity index (χ4n) is 4.53. The molecule has 0 aliphatic heterocycles. The molecule has 4 heteroatoms. The monoisotopic (exact) mass is 386 g/mol. The topological polar surface area (TPSA) is 37.3 Å². The Morgan fingerprint density at radius 2 is 1.64 bits per heavy atom. The van der Waals surface area contributed by atoms with Crippen LogP contribution in [0.2, 0.25) is 0 Å². The van der Waals surface area contributed by atoms with Gasteiger partial charge in [0.1, 0.15) is 0 Å². The van der Waals surface area contributed by atoms with Gasteiger partial charge in [-0.05, 0) is 66.3 Å². The number of carboxylic acids is 1. The van der Waals surface area contributed by atoms with Crippen LogP contribution in [-0.2, 0) is 4.79 Å². The molecule has 1 aliphatic carbocycles. The summed E-state index contributed by atoms with van der Waals surface area (Å²) in [6.07, 6.45) is 7.35. The van der Waals surface area contributed by atoms with Gasteiger partial charge in [0.25, 0.3) is 0 Å². The van der Waals surface area contributed by atoms with Gasteiger partial charge in [0.15, 0.2) is 11.6 Å². The van der Waals surface area contributed by atoms with Crippen LogP contribution in [0.4, 0.5) is 8.78 Å². The molecule has 0 aromatic heterocycles. The number of carboxylic acid groups (broad SMARTS) is 1. The Morgan fingerprint density at radius 1 is 1.00 bits per heavy atom. The van der Waals surface area contributed by atoms with Crippen LogP contribution < -0.4 is 0 Å². The smallest absolute Gasteiger partial charge is 0.304 e. The molecule has 0 bridgehead atoms. The van der Waals surface area contributed by atoms with Crippen LogP contribution in [0.3, 0.4) is 0 Å². The molecule has 0 amide bonds. The molecule has 1 N–H and O–H groups in total. The number of benzene rings is 2. The van der Waals surface area contributed by atoms with Gasteiger partial charge in [-0.25, -0.2) is 8.78 Å². The molecule has 2 nitrogen and oxygen atoms in total. The molecule has 0 heterocycles. The van der Waals surface area contributed by atoms with E-state index in [4.69, 9.17) is 0 Å². The zero-order valence-electron chi connectivity index (χ0n) is 16.3. The minimum Gasteiger partial charge on any atom is -0.481 e. The predicted molar refractivity (Wildman–Crippen MR) is 107 cm³/mol. The lowest BCUT2D eigenvalue weighted by atomic mass is 9.77. The zero-order valence-corrected chi connectivity index (χ0v) is 16.3. The lowest BCUT2D eigenvalue weighted by Gasteiger charge is -2.29. The molecule has 1 unspecified atom stereocenters. The first kappa shape index (κ1) is 20.5. The summed E-state index contributed by atoms with van der Waals surface area (Å²) in [6.45, 7) is 2.24. The molecule has 28 heavy (non-hydrogen) atoms. The Labute approximate surface area is 165 Å². The number of rotatable bonds is 7. The molecule has 3 rings (SSSR count). The average molecular weight is 386 g/mol. The second-order valence-electron chi connectivity index (χ2n) is 8.00. The van der Waals surface area contributed by atoms with Gasteiger partial charge >= 0.3 is 5.97 Å². The third-order valence-electron chi connectivity index (χ3n) is 6.08. The summed E-state index contributed by atoms with van der Waals surface area (Å²) in [5.41, 5.74) is 2.59. The van der Waals surface area contributed by atoms with Crippen molar-refractivity contribution in [3.63, 3.8) is 0 Å². The van der Waals surface area contributed by atoms with Crippen molar-refractivity contribution in [2.24, 2.45) is 5.92 Å². The molecule has 150 valence electrons. The molecule has 1 atom stereocenters. The van der Waals surface area contributed by atoms with E-state index in [1.807, 2.05) is 12.1 Å². The van der Waals surface area contributed by atoms with Crippen LogP contribution >= 0.6 is 0 Å². The van der Waals surface area contributed by atoms with E-state index in [1.165, 1.54) is 50.2 Å². The van der Waals surface area contributed by atoms with E-state index in [2.05, 4.69) is 19.1 Å². The van der Waals surface area contributed by atoms with Crippen molar-refractivity contribution in [2.45, 2.75) is 63.7 Å². The number of hydrogen-bond donors (Lipinski definition) is 1. The van der Waals surface area contributed by atoms with Gasteiger partial charge in [-0.2, -0.15) is 0 Å². The van der Waals surface area contributed by atoms with Gasteiger partial charge in [0.2, 0.25) is 0 Å². The standard InChI is InChI=1S/C24H28F2O2/c1-2-3-16-4-6-17(7-5-16)18-8-10-19(11-9-18)21(15-24(27)28)20-12-13-22(25)23(26)14-20/h8-14,16-17,21H,2-7,15H2,1H3,(H,27,28). The van der Waals surface area contributed by atoms with Crippen LogP contribution in [0.5, 0.6) is 0 Å². The van der Waals surface area contributed by atoms with Crippen LogP contribution in [0, 0.1) is 17.6 Å². The fraction of sp³-hybridized carbons (Fsp3) is 0.458. The Kier molecular flexibility index (Phi) is 6.82. The maximum absolute atomic E-state index is 13.7. The Morgan fingerprint density at radius 3 is 2.21 bits per heavy atom.